The fourth-order valence-electron chi connectivity index (χ4n) is 1.82. The second-order valence-corrected chi connectivity index (χ2v) is 4.89. The average molecular weight is 193 g/mol. The van der Waals surface area contributed by atoms with Gasteiger partial charge in [0.15, 0.2) is 0 Å². The molecule has 70 valence electrons. The summed E-state index contributed by atoms with van der Waals surface area (Å²) in [6.07, 6.45) is 5.67. The molecule has 0 saturated heterocycles. The van der Waals surface area contributed by atoms with Crippen LogP contribution in [0.5, 0.6) is 0 Å². The molecule has 0 radical (unpaired) electrons. The Balaban J connectivity index is 2.02. The van der Waals surface area contributed by atoms with Crippen LogP contribution >= 0.6 is 11.3 Å². The van der Waals surface area contributed by atoms with Gasteiger partial charge in [-0.15, -0.1) is 11.3 Å². The molecule has 1 unspecified atom stereocenters. The monoisotopic (exact) mass is 193 g/mol. The Labute approximate surface area is 83.3 Å². The highest BCUT2D eigenvalue weighted by molar-refractivity contribution is 7.10. The predicted octanol–water partition coefficient (Wildman–Crippen LogP) is 2.65. The molecule has 1 heterocycles. The van der Waals surface area contributed by atoms with Crippen molar-refractivity contribution in [3.8, 4) is 0 Å². The maximum Gasteiger partial charge on any atom is 0.0229 e. The Kier molecular flexibility index (Phi) is 2.51. The second kappa shape index (κ2) is 3.64. The first-order chi connectivity index (χ1) is 6.24. The van der Waals surface area contributed by atoms with Crippen molar-refractivity contribution < 1.29 is 0 Å². The second-order valence-electron chi connectivity index (χ2n) is 3.77. The van der Waals surface area contributed by atoms with Gasteiger partial charge < -0.3 is 5.73 Å². The van der Waals surface area contributed by atoms with Crippen LogP contribution in [-0.4, -0.2) is 6.04 Å². The van der Waals surface area contributed by atoms with Crippen LogP contribution in [0, 0.1) is 6.92 Å². The van der Waals surface area contributed by atoms with Gasteiger partial charge in [0.2, 0.25) is 0 Å². The van der Waals surface area contributed by atoms with E-state index in [1.54, 1.807) is 0 Å². The molecule has 0 saturated carbocycles. The maximum absolute atomic E-state index is 5.81. The third-order valence-corrected chi connectivity index (χ3v) is 3.37. The summed E-state index contributed by atoms with van der Waals surface area (Å²) in [5, 5.41) is 2.25. The molecule has 2 N–H and O–H groups in total. The quantitative estimate of drug-likeness (QED) is 0.718. The Morgan fingerprint density at radius 2 is 2.46 bits per heavy atom. The van der Waals surface area contributed by atoms with Gasteiger partial charge in [-0.3, -0.25) is 0 Å². The zero-order valence-corrected chi connectivity index (χ0v) is 8.73. The van der Waals surface area contributed by atoms with E-state index in [2.05, 4.69) is 24.4 Å². The zero-order chi connectivity index (χ0) is 9.26. The van der Waals surface area contributed by atoms with Crippen molar-refractivity contribution in [2.45, 2.75) is 32.2 Å². The molecule has 0 amide bonds. The number of hydrogen-bond donors (Lipinski definition) is 1. The molecule has 0 aliphatic heterocycles. The molecular weight excluding hydrogens is 178 g/mol. The first-order valence-corrected chi connectivity index (χ1v) is 5.61. The van der Waals surface area contributed by atoms with Gasteiger partial charge in [-0.05, 0) is 43.2 Å². The van der Waals surface area contributed by atoms with Crippen molar-refractivity contribution in [2.24, 2.45) is 5.73 Å². The van der Waals surface area contributed by atoms with E-state index in [0.717, 1.165) is 12.8 Å². The number of aryl methyl sites for hydroxylation is 1. The van der Waals surface area contributed by atoms with Crippen molar-refractivity contribution >= 4 is 11.3 Å². The van der Waals surface area contributed by atoms with Gasteiger partial charge in [-0.1, -0.05) is 11.6 Å². The lowest BCUT2D eigenvalue weighted by Gasteiger charge is -1.97. The molecule has 0 spiro atoms. The van der Waals surface area contributed by atoms with Gasteiger partial charge in [-0.2, -0.15) is 0 Å². The Hall–Kier alpha value is -0.600. The summed E-state index contributed by atoms with van der Waals surface area (Å²) < 4.78 is 0. The van der Waals surface area contributed by atoms with Crippen molar-refractivity contribution in [2.75, 3.05) is 0 Å². The fraction of sp³-hybridized carbons (Fsp3) is 0.455. The van der Waals surface area contributed by atoms with Crippen LogP contribution < -0.4 is 5.73 Å². The average Bonchev–Trinajstić information content (AvgIpc) is 2.62. The molecule has 0 aromatic carbocycles. The van der Waals surface area contributed by atoms with E-state index in [4.69, 9.17) is 5.73 Å². The normalized spacial score (nSPS) is 22.0. The van der Waals surface area contributed by atoms with Crippen molar-refractivity contribution in [1.82, 2.24) is 0 Å². The van der Waals surface area contributed by atoms with Gasteiger partial charge in [0.25, 0.3) is 0 Å². The van der Waals surface area contributed by atoms with E-state index >= 15 is 0 Å². The third kappa shape index (κ3) is 2.20. The van der Waals surface area contributed by atoms with Crippen LogP contribution in [-0.2, 0) is 6.42 Å². The molecular formula is C11H15NS. The van der Waals surface area contributed by atoms with E-state index in [1.807, 2.05) is 11.3 Å². The van der Waals surface area contributed by atoms with E-state index < -0.39 is 0 Å². The minimum absolute atomic E-state index is 0.315. The smallest absolute Gasteiger partial charge is 0.0229 e. The lowest BCUT2D eigenvalue weighted by Crippen LogP contribution is -2.11. The summed E-state index contributed by atoms with van der Waals surface area (Å²) in [7, 11) is 0. The number of hydrogen-bond acceptors (Lipinski definition) is 2. The summed E-state index contributed by atoms with van der Waals surface area (Å²) in [5.74, 6) is 0. The van der Waals surface area contributed by atoms with Crippen LogP contribution in [0.15, 0.2) is 23.1 Å². The van der Waals surface area contributed by atoms with Gasteiger partial charge in [-0.25, -0.2) is 0 Å². The lowest BCUT2D eigenvalue weighted by molar-refractivity contribution is 0.770. The number of rotatable bonds is 2. The molecule has 0 bridgehead atoms. The minimum atomic E-state index is 0.315. The van der Waals surface area contributed by atoms with E-state index in [1.165, 1.54) is 22.4 Å². The van der Waals surface area contributed by atoms with Gasteiger partial charge in [0.05, 0.1) is 0 Å². The maximum atomic E-state index is 5.81. The summed E-state index contributed by atoms with van der Waals surface area (Å²) >= 11 is 1.83. The summed E-state index contributed by atoms with van der Waals surface area (Å²) in [6.45, 7) is 2.16. The topological polar surface area (TPSA) is 26.0 Å². The van der Waals surface area contributed by atoms with Crippen LogP contribution in [0.4, 0.5) is 0 Å². The molecule has 1 aromatic rings. The standard InChI is InChI=1S/C11H15NS/c1-8-4-10(7-13-8)5-9-2-3-11(12)6-9/h4,6-7,11H,2-3,5,12H2,1H3. The van der Waals surface area contributed by atoms with Crippen molar-refractivity contribution in [3.05, 3.63) is 33.5 Å². The molecule has 1 nitrogen and oxygen atoms in total. The fourth-order valence-corrected chi connectivity index (χ4v) is 2.53. The Morgan fingerprint density at radius 3 is 3.00 bits per heavy atom. The SMILES string of the molecule is Cc1cc(CC2=CC(N)CC2)cs1. The minimum Gasteiger partial charge on any atom is -0.324 e. The third-order valence-electron chi connectivity index (χ3n) is 2.46. The van der Waals surface area contributed by atoms with Gasteiger partial charge in [0.1, 0.15) is 0 Å². The Bertz CT molecular complexity index is 325. The molecule has 13 heavy (non-hydrogen) atoms. The summed E-state index contributed by atoms with van der Waals surface area (Å²) in [5.41, 5.74) is 8.78. The van der Waals surface area contributed by atoms with Crippen molar-refractivity contribution in [1.29, 1.82) is 0 Å². The van der Waals surface area contributed by atoms with E-state index in [0.29, 0.717) is 6.04 Å². The number of nitrogens with two attached hydrogens (primary N) is 1. The van der Waals surface area contributed by atoms with E-state index in [-0.39, 0.29) is 0 Å². The van der Waals surface area contributed by atoms with E-state index in [9.17, 15) is 0 Å². The molecule has 1 aliphatic rings. The van der Waals surface area contributed by atoms with Crippen LogP contribution in [0.3, 0.4) is 0 Å². The molecule has 1 aliphatic carbocycles. The molecule has 0 fully saturated rings. The van der Waals surface area contributed by atoms with Crippen LogP contribution in [0.2, 0.25) is 0 Å². The first-order valence-electron chi connectivity index (χ1n) is 4.73. The van der Waals surface area contributed by atoms with Gasteiger partial charge in [0, 0.05) is 10.9 Å². The highest BCUT2D eigenvalue weighted by Crippen LogP contribution is 2.23. The highest BCUT2D eigenvalue weighted by Gasteiger charge is 2.12. The zero-order valence-electron chi connectivity index (χ0n) is 7.92. The summed E-state index contributed by atoms with van der Waals surface area (Å²) in [6, 6.07) is 2.59. The first kappa shape index (κ1) is 8.97. The number of allylic oxidation sites excluding steroid dienone is 1. The molecule has 2 heteroatoms. The lowest BCUT2D eigenvalue weighted by atomic mass is 10.1. The largest absolute Gasteiger partial charge is 0.324 e. The number of thiophene rings is 1. The molecule has 1 atom stereocenters. The summed E-state index contributed by atoms with van der Waals surface area (Å²) in [4.78, 5) is 1.40. The Morgan fingerprint density at radius 1 is 1.62 bits per heavy atom. The molecule has 2 rings (SSSR count). The van der Waals surface area contributed by atoms with Gasteiger partial charge >= 0.3 is 0 Å². The molecule has 1 aromatic heterocycles. The van der Waals surface area contributed by atoms with Crippen LogP contribution in [0.25, 0.3) is 0 Å². The predicted molar refractivity (Wildman–Crippen MR) is 58.1 cm³/mol. The highest BCUT2D eigenvalue weighted by atomic mass is 32.1. The van der Waals surface area contributed by atoms with Crippen LogP contribution in [0.1, 0.15) is 23.3 Å². The van der Waals surface area contributed by atoms with Crippen molar-refractivity contribution in [3.63, 3.8) is 0 Å².